The number of aromatic hydroxyl groups is 1. The van der Waals surface area contributed by atoms with Gasteiger partial charge in [0.25, 0.3) is 0 Å². The molecule has 0 aliphatic rings. The van der Waals surface area contributed by atoms with Gasteiger partial charge in [-0.05, 0) is 55.7 Å². The lowest BCUT2D eigenvalue weighted by molar-refractivity contribution is 0.101. The topological polar surface area (TPSA) is 37.3 Å². The predicted molar refractivity (Wildman–Crippen MR) is 73.0 cm³/mol. The fourth-order valence-corrected chi connectivity index (χ4v) is 2.08. The van der Waals surface area contributed by atoms with E-state index in [1.807, 2.05) is 0 Å². The van der Waals surface area contributed by atoms with E-state index in [4.69, 9.17) is 0 Å². The van der Waals surface area contributed by atoms with Gasteiger partial charge in [0.15, 0.2) is 5.78 Å². The zero-order valence-corrected chi connectivity index (χ0v) is 11.1. The molecule has 0 amide bonds. The number of hydrogen-bond donors (Lipinski definition) is 1. The van der Waals surface area contributed by atoms with Crippen LogP contribution in [-0.4, -0.2) is 10.9 Å². The molecule has 98 valence electrons. The molecule has 3 heteroatoms. The summed E-state index contributed by atoms with van der Waals surface area (Å²) in [5.74, 6) is -0.370. The minimum atomic E-state index is -0.433. The van der Waals surface area contributed by atoms with Crippen LogP contribution >= 0.6 is 0 Å². The molecule has 0 heterocycles. The number of carbonyl (C=O) groups excluding carboxylic acids is 1. The second-order valence-electron chi connectivity index (χ2n) is 4.71. The lowest BCUT2D eigenvalue weighted by atomic mass is 9.98. The summed E-state index contributed by atoms with van der Waals surface area (Å²) in [4.78, 5) is 11.2. The summed E-state index contributed by atoms with van der Waals surface area (Å²) >= 11 is 0. The molecule has 0 aromatic heterocycles. The van der Waals surface area contributed by atoms with E-state index in [-0.39, 0.29) is 11.5 Å². The Morgan fingerprint density at radius 1 is 1.11 bits per heavy atom. The molecule has 0 atom stereocenters. The van der Waals surface area contributed by atoms with Crippen LogP contribution in [0.3, 0.4) is 0 Å². The first kappa shape index (κ1) is 13.3. The maximum absolute atomic E-state index is 14.0. The number of ketones is 1. The van der Waals surface area contributed by atoms with E-state index in [1.165, 1.54) is 13.0 Å². The molecule has 2 aromatic carbocycles. The van der Waals surface area contributed by atoms with Gasteiger partial charge < -0.3 is 5.11 Å². The highest BCUT2D eigenvalue weighted by molar-refractivity contribution is 5.94. The molecule has 0 aliphatic carbocycles. The molecular weight excluding hydrogens is 243 g/mol. The zero-order chi connectivity index (χ0) is 14.2. The zero-order valence-electron chi connectivity index (χ0n) is 11.1. The third-order valence-electron chi connectivity index (χ3n) is 3.18. The van der Waals surface area contributed by atoms with Crippen LogP contribution in [0.15, 0.2) is 30.3 Å². The van der Waals surface area contributed by atoms with Crippen molar-refractivity contribution in [2.45, 2.75) is 20.8 Å². The first-order valence-electron chi connectivity index (χ1n) is 6.01. The summed E-state index contributed by atoms with van der Waals surface area (Å²) in [7, 11) is 0. The van der Waals surface area contributed by atoms with Gasteiger partial charge in [-0.25, -0.2) is 4.39 Å². The second kappa shape index (κ2) is 4.84. The molecule has 2 nitrogen and oxygen atoms in total. The van der Waals surface area contributed by atoms with Gasteiger partial charge in [-0.1, -0.05) is 12.1 Å². The number of phenolic OH excluding ortho intramolecular Hbond substituents is 1. The minimum Gasteiger partial charge on any atom is -0.507 e. The molecule has 0 saturated heterocycles. The summed E-state index contributed by atoms with van der Waals surface area (Å²) in [6.07, 6.45) is 0. The third-order valence-corrected chi connectivity index (χ3v) is 3.18. The fraction of sp³-hybridized carbons (Fsp3) is 0.188. The van der Waals surface area contributed by atoms with Crippen LogP contribution < -0.4 is 0 Å². The van der Waals surface area contributed by atoms with Crippen LogP contribution in [-0.2, 0) is 0 Å². The summed E-state index contributed by atoms with van der Waals surface area (Å²) in [6.45, 7) is 4.95. The Bertz CT molecular complexity index is 637. The predicted octanol–water partition coefficient (Wildman–Crippen LogP) is 4.02. The summed E-state index contributed by atoms with van der Waals surface area (Å²) < 4.78 is 14.0. The van der Waals surface area contributed by atoms with E-state index in [9.17, 15) is 14.3 Å². The van der Waals surface area contributed by atoms with Crippen molar-refractivity contribution in [3.05, 3.63) is 52.8 Å². The highest BCUT2D eigenvalue weighted by Crippen LogP contribution is 2.30. The maximum Gasteiger partial charge on any atom is 0.159 e. The highest BCUT2D eigenvalue weighted by atomic mass is 19.1. The quantitative estimate of drug-likeness (QED) is 0.826. The Labute approximate surface area is 111 Å². The number of Topliss-reactive ketones (excluding diaryl/α,β-unsaturated/α-hetero) is 1. The monoisotopic (exact) mass is 258 g/mol. The van der Waals surface area contributed by atoms with Crippen molar-refractivity contribution >= 4 is 5.78 Å². The molecular formula is C16H15FO2. The summed E-state index contributed by atoms with van der Waals surface area (Å²) in [5, 5.41) is 9.73. The standard InChI is InChI=1S/C16H15FO2/c1-9-6-13(7-10(2)16(9)19)14-5-4-12(11(3)18)8-15(14)17/h4-8,19H,1-3H3. The van der Waals surface area contributed by atoms with Crippen LogP contribution in [0, 0.1) is 19.7 Å². The lowest BCUT2D eigenvalue weighted by Crippen LogP contribution is -1.95. The van der Waals surface area contributed by atoms with Crippen LogP contribution in [0.5, 0.6) is 5.75 Å². The maximum atomic E-state index is 14.0. The van der Waals surface area contributed by atoms with Crippen LogP contribution in [0.1, 0.15) is 28.4 Å². The van der Waals surface area contributed by atoms with Crippen molar-refractivity contribution in [2.24, 2.45) is 0 Å². The molecule has 1 N–H and O–H groups in total. The van der Waals surface area contributed by atoms with Crippen molar-refractivity contribution in [3.8, 4) is 16.9 Å². The molecule has 0 unspecified atom stereocenters. The van der Waals surface area contributed by atoms with Gasteiger partial charge in [-0.15, -0.1) is 0 Å². The Hall–Kier alpha value is -2.16. The van der Waals surface area contributed by atoms with Crippen molar-refractivity contribution in [1.82, 2.24) is 0 Å². The van der Waals surface area contributed by atoms with Crippen LogP contribution in [0.2, 0.25) is 0 Å². The molecule has 0 spiro atoms. The Morgan fingerprint density at radius 2 is 1.68 bits per heavy atom. The average Bonchev–Trinajstić information content (AvgIpc) is 2.35. The first-order chi connectivity index (χ1) is 8.90. The second-order valence-corrected chi connectivity index (χ2v) is 4.71. The number of carbonyl (C=O) groups is 1. The van der Waals surface area contributed by atoms with Gasteiger partial charge in [0.2, 0.25) is 0 Å². The number of halogens is 1. The number of benzene rings is 2. The SMILES string of the molecule is CC(=O)c1ccc(-c2cc(C)c(O)c(C)c2)c(F)c1. The fourth-order valence-electron chi connectivity index (χ4n) is 2.08. The van der Waals surface area contributed by atoms with Gasteiger partial charge in [-0.2, -0.15) is 0 Å². The molecule has 0 bridgehead atoms. The smallest absolute Gasteiger partial charge is 0.159 e. The van der Waals surface area contributed by atoms with Crippen LogP contribution in [0.25, 0.3) is 11.1 Å². The van der Waals surface area contributed by atoms with Gasteiger partial charge in [0.05, 0.1) is 0 Å². The minimum absolute atomic E-state index is 0.163. The first-order valence-corrected chi connectivity index (χ1v) is 6.01. The summed E-state index contributed by atoms with van der Waals surface area (Å²) in [5.41, 5.74) is 2.88. The number of aryl methyl sites for hydroxylation is 2. The largest absolute Gasteiger partial charge is 0.507 e. The van der Waals surface area contributed by atoms with Gasteiger partial charge in [0.1, 0.15) is 11.6 Å². The number of phenols is 1. The Balaban J connectivity index is 2.56. The van der Waals surface area contributed by atoms with Gasteiger partial charge in [-0.3, -0.25) is 4.79 Å². The molecule has 0 fully saturated rings. The van der Waals surface area contributed by atoms with Crippen molar-refractivity contribution in [2.75, 3.05) is 0 Å². The molecule has 2 rings (SSSR count). The van der Waals surface area contributed by atoms with E-state index in [2.05, 4.69) is 0 Å². The van der Waals surface area contributed by atoms with Crippen molar-refractivity contribution in [1.29, 1.82) is 0 Å². The van der Waals surface area contributed by atoms with E-state index in [0.29, 0.717) is 27.8 Å². The van der Waals surface area contributed by atoms with E-state index in [0.717, 1.165) is 0 Å². The van der Waals surface area contributed by atoms with Crippen LogP contribution in [0.4, 0.5) is 4.39 Å². The van der Waals surface area contributed by atoms with Crippen molar-refractivity contribution in [3.63, 3.8) is 0 Å². The Morgan fingerprint density at radius 3 is 2.16 bits per heavy atom. The lowest BCUT2D eigenvalue weighted by Gasteiger charge is -2.09. The molecule has 2 aromatic rings. The third kappa shape index (κ3) is 2.50. The highest BCUT2D eigenvalue weighted by Gasteiger charge is 2.11. The molecule has 0 saturated carbocycles. The molecule has 0 radical (unpaired) electrons. The van der Waals surface area contributed by atoms with E-state index >= 15 is 0 Å². The average molecular weight is 258 g/mol. The number of hydrogen-bond acceptors (Lipinski definition) is 2. The van der Waals surface area contributed by atoms with E-state index in [1.54, 1.807) is 38.1 Å². The van der Waals surface area contributed by atoms with Gasteiger partial charge in [0, 0.05) is 11.1 Å². The molecule has 19 heavy (non-hydrogen) atoms. The molecule has 0 aliphatic heterocycles. The normalized spacial score (nSPS) is 10.5. The number of rotatable bonds is 2. The summed E-state index contributed by atoms with van der Waals surface area (Å²) in [6, 6.07) is 7.91. The van der Waals surface area contributed by atoms with E-state index < -0.39 is 5.82 Å². The van der Waals surface area contributed by atoms with Crippen molar-refractivity contribution < 1.29 is 14.3 Å². The Kier molecular flexibility index (Phi) is 3.38. The van der Waals surface area contributed by atoms with Gasteiger partial charge >= 0.3 is 0 Å².